The number of amides is 1. The van der Waals surface area contributed by atoms with Gasteiger partial charge in [-0.2, -0.15) is 5.26 Å². The van der Waals surface area contributed by atoms with Crippen LogP contribution < -0.4 is 5.73 Å². The molecule has 0 spiro atoms. The third-order valence-electron chi connectivity index (χ3n) is 3.25. The van der Waals surface area contributed by atoms with Crippen molar-refractivity contribution in [2.24, 2.45) is 5.73 Å². The van der Waals surface area contributed by atoms with E-state index < -0.39 is 5.91 Å². The van der Waals surface area contributed by atoms with Gasteiger partial charge in [0.2, 0.25) is 0 Å². The van der Waals surface area contributed by atoms with Crippen LogP contribution in [-0.4, -0.2) is 10.9 Å². The summed E-state index contributed by atoms with van der Waals surface area (Å²) in [5.74, 6) is -0.476. The number of nitrogens with two attached hydrogens (primary N) is 1. The molecule has 1 aromatic heterocycles. The summed E-state index contributed by atoms with van der Waals surface area (Å²) in [4.78, 5) is 14.6. The molecule has 0 atom stereocenters. The normalized spacial score (nSPS) is 10.3. The molecular formula is C16H11N3O. The van der Waals surface area contributed by atoms with Gasteiger partial charge in [0.1, 0.15) is 0 Å². The predicted octanol–water partition coefficient (Wildman–Crippen LogP) is 2.81. The van der Waals surface area contributed by atoms with E-state index in [9.17, 15) is 4.79 Å². The highest BCUT2D eigenvalue weighted by Crippen LogP contribution is 2.27. The monoisotopic (exact) mass is 261 g/mol. The Bertz CT molecular complexity index is 856. The van der Waals surface area contributed by atoms with Crippen molar-refractivity contribution in [1.29, 1.82) is 5.26 Å². The zero-order valence-corrected chi connectivity index (χ0v) is 10.6. The maximum absolute atomic E-state index is 11.6. The maximum Gasteiger partial charge on any atom is 0.250 e. The Hall–Kier alpha value is -3.06. The fraction of sp³-hybridized carbons (Fsp3) is 0. The molecule has 20 heavy (non-hydrogen) atoms. The van der Waals surface area contributed by atoms with Gasteiger partial charge in [-0.1, -0.05) is 12.1 Å². The highest BCUT2D eigenvalue weighted by molar-refractivity contribution is 6.06. The molecule has 0 saturated heterocycles. The molecule has 3 N–H and O–H groups in total. The Morgan fingerprint density at radius 2 is 2.00 bits per heavy atom. The molecule has 3 rings (SSSR count). The van der Waals surface area contributed by atoms with Crippen LogP contribution in [0, 0.1) is 11.3 Å². The third-order valence-corrected chi connectivity index (χ3v) is 3.25. The van der Waals surface area contributed by atoms with E-state index in [0.717, 1.165) is 22.0 Å². The fourth-order valence-electron chi connectivity index (χ4n) is 2.30. The molecule has 96 valence electrons. The summed E-state index contributed by atoms with van der Waals surface area (Å²) in [5.41, 5.74) is 8.94. The number of nitriles is 1. The van der Waals surface area contributed by atoms with Gasteiger partial charge in [0.05, 0.1) is 22.7 Å². The van der Waals surface area contributed by atoms with Gasteiger partial charge in [-0.05, 0) is 41.5 Å². The highest BCUT2D eigenvalue weighted by atomic mass is 16.1. The molecule has 1 amide bonds. The molecule has 4 heteroatoms. The third kappa shape index (κ3) is 1.91. The SMILES string of the molecule is N#Cc1cccc(-c2cc(C(N)=O)c3[nH]ccc3c2)c1. The van der Waals surface area contributed by atoms with Crippen LogP contribution in [0.25, 0.3) is 22.0 Å². The first-order valence-corrected chi connectivity index (χ1v) is 6.10. The van der Waals surface area contributed by atoms with Crippen molar-refractivity contribution in [3.63, 3.8) is 0 Å². The molecule has 0 aliphatic carbocycles. The molecule has 2 aromatic carbocycles. The van der Waals surface area contributed by atoms with Crippen LogP contribution >= 0.6 is 0 Å². The lowest BCUT2D eigenvalue weighted by Gasteiger charge is -2.06. The van der Waals surface area contributed by atoms with E-state index in [4.69, 9.17) is 11.0 Å². The molecule has 4 nitrogen and oxygen atoms in total. The van der Waals surface area contributed by atoms with Crippen LogP contribution in [0.15, 0.2) is 48.7 Å². The number of nitrogens with one attached hydrogen (secondary N) is 1. The number of benzene rings is 2. The number of carbonyl (C=O) groups excluding carboxylic acids is 1. The summed E-state index contributed by atoms with van der Waals surface area (Å²) in [6, 6.07) is 15.0. The molecule has 0 aliphatic rings. The van der Waals surface area contributed by atoms with Crippen molar-refractivity contribution in [2.45, 2.75) is 0 Å². The minimum absolute atomic E-state index is 0.449. The molecule has 1 heterocycles. The Balaban J connectivity index is 2.26. The second-order valence-electron chi connectivity index (χ2n) is 4.52. The molecule has 3 aromatic rings. The molecule has 0 unspecified atom stereocenters. The maximum atomic E-state index is 11.6. The number of rotatable bonds is 2. The predicted molar refractivity (Wildman–Crippen MR) is 77.0 cm³/mol. The number of fused-ring (bicyclic) bond motifs is 1. The Morgan fingerprint density at radius 1 is 1.15 bits per heavy atom. The summed E-state index contributed by atoms with van der Waals surface area (Å²) in [6.45, 7) is 0. The zero-order valence-electron chi connectivity index (χ0n) is 10.6. The van der Waals surface area contributed by atoms with E-state index in [1.807, 2.05) is 24.3 Å². The van der Waals surface area contributed by atoms with Crippen LogP contribution in [-0.2, 0) is 0 Å². The Morgan fingerprint density at radius 3 is 2.75 bits per heavy atom. The number of primary amides is 1. The Kier molecular flexibility index (Phi) is 2.73. The number of hydrogen-bond acceptors (Lipinski definition) is 2. The van der Waals surface area contributed by atoms with E-state index in [0.29, 0.717) is 11.1 Å². The summed E-state index contributed by atoms with van der Waals surface area (Å²) >= 11 is 0. The van der Waals surface area contributed by atoms with E-state index in [1.165, 1.54) is 0 Å². The lowest BCUT2D eigenvalue weighted by atomic mass is 9.99. The Labute approximate surface area is 115 Å². The zero-order chi connectivity index (χ0) is 14.1. The topological polar surface area (TPSA) is 82.7 Å². The van der Waals surface area contributed by atoms with Crippen LogP contribution in [0.1, 0.15) is 15.9 Å². The summed E-state index contributed by atoms with van der Waals surface area (Å²) in [5, 5.41) is 9.88. The quantitative estimate of drug-likeness (QED) is 0.743. The van der Waals surface area contributed by atoms with Crippen LogP contribution in [0.3, 0.4) is 0 Å². The molecule has 0 fully saturated rings. The van der Waals surface area contributed by atoms with Crippen LogP contribution in [0.4, 0.5) is 0 Å². The van der Waals surface area contributed by atoms with E-state index in [2.05, 4.69) is 11.1 Å². The van der Waals surface area contributed by atoms with E-state index in [-0.39, 0.29) is 0 Å². The van der Waals surface area contributed by atoms with Gasteiger partial charge in [-0.15, -0.1) is 0 Å². The summed E-state index contributed by atoms with van der Waals surface area (Å²) < 4.78 is 0. The second-order valence-corrected chi connectivity index (χ2v) is 4.52. The van der Waals surface area contributed by atoms with Crippen LogP contribution in [0.2, 0.25) is 0 Å². The van der Waals surface area contributed by atoms with E-state index >= 15 is 0 Å². The standard InChI is InChI=1S/C16H11N3O/c17-9-10-2-1-3-11(6-10)13-7-12-4-5-19-15(12)14(8-13)16(18)20/h1-8,19H,(H2,18,20). The van der Waals surface area contributed by atoms with Gasteiger partial charge in [0, 0.05) is 11.6 Å². The van der Waals surface area contributed by atoms with E-state index in [1.54, 1.807) is 24.4 Å². The lowest BCUT2D eigenvalue weighted by molar-refractivity contribution is 0.100. The summed E-state index contributed by atoms with van der Waals surface area (Å²) in [6.07, 6.45) is 1.77. The van der Waals surface area contributed by atoms with Crippen molar-refractivity contribution in [2.75, 3.05) is 0 Å². The van der Waals surface area contributed by atoms with Gasteiger partial charge in [-0.3, -0.25) is 4.79 Å². The minimum Gasteiger partial charge on any atom is -0.366 e. The first-order chi connectivity index (χ1) is 9.69. The van der Waals surface area contributed by atoms with Crippen molar-refractivity contribution < 1.29 is 4.79 Å². The smallest absolute Gasteiger partial charge is 0.250 e. The number of carbonyl (C=O) groups is 1. The first-order valence-electron chi connectivity index (χ1n) is 6.10. The molecule has 0 bridgehead atoms. The van der Waals surface area contributed by atoms with Gasteiger partial charge in [0.15, 0.2) is 0 Å². The van der Waals surface area contributed by atoms with Gasteiger partial charge in [-0.25, -0.2) is 0 Å². The molecular weight excluding hydrogens is 250 g/mol. The number of aromatic nitrogens is 1. The van der Waals surface area contributed by atoms with Gasteiger partial charge in [0.25, 0.3) is 5.91 Å². The van der Waals surface area contributed by atoms with Crippen molar-refractivity contribution in [3.05, 3.63) is 59.8 Å². The minimum atomic E-state index is -0.476. The molecule has 0 saturated carbocycles. The number of H-pyrrole nitrogens is 1. The number of nitrogens with zero attached hydrogens (tertiary/aromatic N) is 1. The average Bonchev–Trinajstić information content (AvgIpc) is 2.94. The largest absolute Gasteiger partial charge is 0.366 e. The first kappa shape index (κ1) is 12.0. The average molecular weight is 261 g/mol. The van der Waals surface area contributed by atoms with Crippen molar-refractivity contribution in [1.82, 2.24) is 4.98 Å². The lowest BCUT2D eigenvalue weighted by Crippen LogP contribution is -2.11. The molecule has 0 aliphatic heterocycles. The van der Waals surface area contributed by atoms with Crippen molar-refractivity contribution >= 4 is 16.8 Å². The fourth-order valence-corrected chi connectivity index (χ4v) is 2.30. The summed E-state index contributed by atoms with van der Waals surface area (Å²) in [7, 11) is 0. The molecule has 0 radical (unpaired) electrons. The van der Waals surface area contributed by atoms with Gasteiger partial charge >= 0.3 is 0 Å². The highest BCUT2D eigenvalue weighted by Gasteiger charge is 2.11. The number of aromatic amines is 1. The second kappa shape index (κ2) is 4.56. The van der Waals surface area contributed by atoms with Gasteiger partial charge < -0.3 is 10.7 Å². The number of hydrogen-bond donors (Lipinski definition) is 2. The van der Waals surface area contributed by atoms with Crippen molar-refractivity contribution in [3.8, 4) is 17.2 Å². The van der Waals surface area contributed by atoms with Crippen LogP contribution in [0.5, 0.6) is 0 Å².